The van der Waals surface area contributed by atoms with Gasteiger partial charge in [-0.25, -0.2) is 9.67 Å². The van der Waals surface area contributed by atoms with Crippen LogP contribution in [0.25, 0.3) is 5.82 Å². The molecule has 1 N–H and O–H groups in total. The second-order valence-corrected chi connectivity index (χ2v) is 6.95. The van der Waals surface area contributed by atoms with E-state index in [2.05, 4.69) is 15.4 Å². The highest BCUT2D eigenvalue weighted by molar-refractivity contribution is 5.94. The van der Waals surface area contributed by atoms with Crippen LogP contribution in [0.2, 0.25) is 0 Å². The number of aryl methyl sites for hydroxylation is 1. The van der Waals surface area contributed by atoms with E-state index >= 15 is 0 Å². The van der Waals surface area contributed by atoms with Crippen molar-refractivity contribution in [2.45, 2.75) is 40.2 Å². The molecule has 1 aromatic carbocycles. The number of nitrogens with zero attached hydrogens (tertiary/aromatic N) is 3. The minimum Gasteiger partial charge on any atom is -0.491 e. The van der Waals surface area contributed by atoms with Gasteiger partial charge in [-0.2, -0.15) is 5.10 Å². The van der Waals surface area contributed by atoms with E-state index in [0.717, 1.165) is 28.5 Å². The van der Waals surface area contributed by atoms with Crippen LogP contribution in [-0.2, 0) is 6.42 Å². The van der Waals surface area contributed by atoms with Crippen molar-refractivity contribution in [3.63, 3.8) is 0 Å². The number of benzene rings is 1. The Labute approximate surface area is 165 Å². The summed E-state index contributed by atoms with van der Waals surface area (Å²) < 4.78 is 7.45. The van der Waals surface area contributed by atoms with Gasteiger partial charge in [0.2, 0.25) is 0 Å². The average Bonchev–Trinajstić information content (AvgIpc) is 2.97. The summed E-state index contributed by atoms with van der Waals surface area (Å²) in [6, 6.07) is 13.0. The van der Waals surface area contributed by atoms with Gasteiger partial charge in [-0.15, -0.1) is 0 Å². The third kappa shape index (κ3) is 4.57. The Hall–Kier alpha value is -3.15. The van der Waals surface area contributed by atoms with E-state index in [1.165, 1.54) is 0 Å². The number of hydrogen-bond acceptors (Lipinski definition) is 4. The predicted octanol–water partition coefficient (Wildman–Crippen LogP) is 3.64. The van der Waals surface area contributed by atoms with Crippen molar-refractivity contribution >= 4 is 5.91 Å². The molecule has 2 heterocycles. The van der Waals surface area contributed by atoms with Crippen molar-refractivity contribution in [3.05, 3.63) is 71.2 Å². The van der Waals surface area contributed by atoms with Crippen LogP contribution in [0.15, 0.2) is 48.7 Å². The molecule has 3 rings (SSSR count). The van der Waals surface area contributed by atoms with Gasteiger partial charge in [0.1, 0.15) is 5.75 Å². The first-order valence-corrected chi connectivity index (χ1v) is 9.47. The van der Waals surface area contributed by atoms with Gasteiger partial charge in [0, 0.05) is 24.0 Å². The normalized spacial score (nSPS) is 10.9. The fourth-order valence-corrected chi connectivity index (χ4v) is 3.10. The monoisotopic (exact) mass is 378 g/mol. The Morgan fingerprint density at radius 3 is 2.54 bits per heavy atom. The lowest BCUT2D eigenvalue weighted by Gasteiger charge is -2.10. The molecular formula is C22H26N4O2. The molecule has 0 aliphatic carbocycles. The topological polar surface area (TPSA) is 69.0 Å². The standard InChI is InChI=1S/C22H26N4O2/c1-15(2)28-19-10-8-18(9-11-19)22(27)24-14-12-20-16(3)25-26(17(20)4)21-7-5-6-13-23-21/h5-11,13,15H,12,14H2,1-4H3,(H,24,27). The van der Waals surface area contributed by atoms with Gasteiger partial charge in [-0.05, 0) is 76.1 Å². The molecule has 3 aromatic rings. The first-order chi connectivity index (χ1) is 13.5. The number of rotatable bonds is 7. The van der Waals surface area contributed by atoms with Crippen LogP contribution >= 0.6 is 0 Å². The molecular weight excluding hydrogens is 352 g/mol. The summed E-state index contributed by atoms with van der Waals surface area (Å²) in [4.78, 5) is 16.7. The van der Waals surface area contributed by atoms with Gasteiger partial charge in [-0.3, -0.25) is 4.79 Å². The molecule has 0 aliphatic heterocycles. The maximum Gasteiger partial charge on any atom is 0.251 e. The third-order valence-corrected chi connectivity index (χ3v) is 4.46. The maximum absolute atomic E-state index is 12.4. The zero-order chi connectivity index (χ0) is 20.1. The summed E-state index contributed by atoms with van der Waals surface area (Å²) in [5, 5.41) is 7.58. The van der Waals surface area contributed by atoms with Crippen molar-refractivity contribution in [1.82, 2.24) is 20.1 Å². The Bertz CT molecular complexity index is 931. The number of carbonyl (C=O) groups is 1. The number of carbonyl (C=O) groups excluding carboxylic acids is 1. The quantitative estimate of drug-likeness (QED) is 0.681. The summed E-state index contributed by atoms with van der Waals surface area (Å²) in [5.74, 6) is 1.46. The van der Waals surface area contributed by atoms with Crippen LogP contribution in [0.4, 0.5) is 0 Å². The summed E-state index contributed by atoms with van der Waals surface area (Å²) in [6.45, 7) is 8.50. The van der Waals surface area contributed by atoms with Crippen LogP contribution in [0.3, 0.4) is 0 Å². The van der Waals surface area contributed by atoms with E-state index in [0.29, 0.717) is 18.5 Å². The molecule has 0 saturated heterocycles. The lowest BCUT2D eigenvalue weighted by molar-refractivity contribution is 0.0954. The highest BCUT2D eigenvalue weighted by atomic mass is 16.5. The molecule has 0 bridgehead atoms. The zero-order valence-corrected chi connectivity index (χ0v) is 16.8. The Morgan fingerprint density at radius 1 is 1.14 bits per heavy atom. The fourth-order valence-electron chi connectivity index (χ4n) is 3.10. The molecule has 0 spiro atoms. The van der Waals surface area contributed by atoms with Crippen molar-refractivity contribution in [2.24, 2.45) is 0 Å². The highest BCUT2D eigenvalue weighted by Gasteiger charge is 2.14. The summed E-state index contributed by atoms with van der Waals surface area (Å²) in [5.41, 5.74) is 3.74. The van der Waals surface area contributed by atoms with E-state index < -0.39 is 0 Å². The molecule has 0 aliphatic rings. The Balaban J connectivity index is 1.60. The maximum atomic E-state index is 12.4. The highest BCUT2D eigenvalue weighted by Crippen LogP contribution is 2.17. The molecule has 0 radical (unpaired) electrons. The summed E-state index contributed by atoms with van der Waals surface area (Å²) in [7, 11) is 0. The number of nitrogens with one attached hydrogen (secondary N) is 1. The van der Waals surface area contributed by atoms with Crippen LogP contribution in [0.1, 0.15) is 41.2 Å². The lowest BCUT2D eigenvalue weighted by Crippen LogP contribution is -2.25. The number of amides is 1. The SMILES string of the molecule is Cc1nn(-c2ccccn2)c(C)c1CCNC(=O)c1ccc(OC(C)C)cc1. The number of ether oxygens (including phenoxy) is 1. The molecule has 0 atom stereocenters. The van der Waals surface area contributed by atoms with Crippen molar-refractivity contribution in [1.29, 1.82) is 0 Å². The second kappa shape index (κ2) is 8.69. The predicted molar refractivity (Wildman–Crippen MR) is 109 cm³/mol. The van der Waals surface area contributed by atoms with E-state index in [9.17, 15) is 4.79 Å². The molecule has 6 heteroatoms. The third-order valence-electron chi connectivity index (χ3n) is 4.46. The molecule has 0 unspecified atom stereocenters. The van der Waals surface area contributed by atoms with Gasteiger partial charge in [0.05, 0.1) is 11.8 Å². The minimum absolute atomic E-state index is 0.0940. The molecule has 28 heavy (non-hydrogen) atoms. The molecule has 0 fully saturated rings. The van der Waals surface area contributed by atoms with Crippen LogP contribution < -0.4 is 10.1 Å². The fraction of sp³-hybridized carbons (Fsp3) is 0.318. The van der Waals surface area contributed by atoms with Gasteiger partial charge in [-0.1, -0.05) is 6.07 Å². The van der Waals surface area contributed by atoms with Crippen LogP contribution in [0, 0.1) is 13.8 Å². The van der Waals surface area contributed by atoms with E-state index in [-0.39, 0.29) is 12.0 Å². The number of aromatic nitrogens is 3. The van der Waals surface area contributed by atoms with Crippen molar-refractivity contribution in [3.8, 4) is 11.6 Å². The van der Waals surface area contributed by atoms with Crippen molar-refractivity contribution in [2.75, 3.05) is 6.54 Å². The van der Waals surface area contributed by atoms with E-state index in [4.69, 9.17) is 4.74 Å². The number of hydrogen-bond donors (Lipinski definition) is 1. The molecule has 146 valence electrons. The first kappa shape index (κ1) is 19.6. The number of pyridine rings is 1. The smallest absolute Gasteiger partial charge is 0.251 e. The summed E-state index contributed by atoms with van der Waals surface area (Å²) >= 11 is 0. The van der Waals surface area contributed by atoms with Gasteiger partial charge >= 0.3 is 0 Å². The van der Waals surface area contributed by atoms with Gasteiger partial charge in [0.25, 0.3) is 5.91 Å². The first-order valence-electron chi connectivity index (χ1n) is 9.47. The van der Waals surface area contributed by atoms with Crippen LogP contribution in [-0.4, -0.2) is 33.3 Å². The molecule has 0 saturated carbocycles. The lowest BCUT2D eigenvalue weighted by atomic mass is 10.1. The zero-order valence-electron chi connectivity index (χ0n) is 16.8. The largest absolute Gasteiger partial charge is 0.491 e. The van der Waals surface area contributed by atoms with Crippen LogP contribution in [0.5, 0.6) is 5.75 Å². The van der Waals surface area contributed by atoms with Crippen molar-refractivity contribution < 1.29 is 9.53 Å². The summed E-state index contributed by atoms with van der Waals surface area (Å²) in [6.07, 6.45) is 2.58. The van der Waals surface area contributed by atoms with Gasteiger partial charge in [0.15, 0.2) is 5.82 Å². The van der Waals surface area contributed by atoms with E-state index in [1.54, 1.807) is 18.3 Å². The minimum atomic E-state index is -0.0940. The molecule has 2 aromatic heterocycles. The molecule has 1 amide bonds. The Morgan fingerprint density at radius 2 is 1.89 bits per heavy atom. The van der Waals surface area contributed by atoms with Gasteiger partial charge < -0.3 is 10.1 Å². The average molecular weight is 378 g/mol. The molecule has 6 nitrogen and oxygen atoms in total. The van der Waals surface area contributed by atoms with E-state index in [1.807, 2.05) is 62.7 Å². The Kier molecular flexibility index (Phi) is 6.09. The second-order valence-electron chi connectivity index (χ2n) is 6.95.